The summed E-state index contributed by atoms with van der Waals surface area (Å²) in [6.07, 6.45) is 5.89. The molecule has 7 nitrogen and oxygen atoms in total. The minimum Gasteiger partial charge on any atom is -0.207 e. The van der Waals surface area contributed by atoms with Crippen molar-refractivity contribution < 1.29 is 23.1 Å². The van der Waals surface area contributed by atoms with Crippen LogP contribution in [-0.4, -0.2) is 33.8 Å². The smallest absolute Gasteiger partial charge is 0.207 e. The van der Waals surface area contributed by atoms with Gasteiger partial charge in [-0.2, -0.15) is 0 Å². The SMILES string of the molecule is Cn1ncc(/C=C/C(=O)Nc2ccc(C[PH]3(O)OCCCO3)cc2)c1-c1ccc(F)cc1. The van der Waals surface area contributed by atoms with Gasteiger partial charge in [0.2, 0.25) is 0 Å². The van der Waals surface area contributed by atoms with Crippen LogP contribution in [0.1, 0.15) is 17.5 Å². The molecule has 1 aliphatic heterocycles. The molecule has 0 bridgehead atoms. The molecule has 1 aromatic heterocycles. The van der Waals surface area contributed by atoms with Gasteiger partial charge in [0.15, 0.2) is 0 Å². The molecule has 2 aromatic carbocycles. The predicted molar refractivity (Wildman–Crippen MR) is 123 cm³/mol. The molecule has 1 fully saturated rings. The molecule has 0 radical (unpaired) electrons. The van der Waals surface area contributed by atoms with Crippen LogP contribution in [0.15, 0.2) is 60.8 Å². The standard InChI is InChI=1S/C23H25FN3O4P/c1-27-23(18-5-8-20(24)9-6-18)19(15-25-27)7-12-22(28)26-21-10-3-17(4-11-21)16-32(29)30-13-2-14-31-32/h3-12,15,29,32H,2,13-14,16H2,1H3,(H,26,28)/b12-7+. The van der Waals surface area contributed by atoms with E-state index < -0.39 is 7.94 Å². The summed E-state index contributed by atoms with van der Waals surface area (Å²) in [4.78, 5) is 22.8. The van der Waals surface area contributed by atoms with Gasteiger partial charge in [0.25, 0.3) is 0 Å². The van der Waals surface area contributed by atoms with Crippen LogP contribution in [0.2, 0.25) is 0 Å². The number of rotatable bonds is 6. The molecule has 32 heavy (non-hydrogen) atoms. The molecule has 0 spiro atoms. The van der Waals surface area contributed by atoms with E-state index in [1.165, 1.54) is 18.2 Å². The number of hydrogen-bond donors (Lipinski definition) is 2. The summed E-state index contributed by atoms with van der Waals surface area (Å²) in [6.45, 7) is 1.03. The van der Waals surface area contributed by atoms with Gasteiger partial charge in [-0.3, -0.25) is 0 Å². The van der Waals surface area contributed by atoms with Crippen LogP contribution < -0.4 is 5.32 Å². The number of nitrogens with one attached hydrogen (secondary N) is 1. The second-order valence-electron chi connectivity index (χ2n) is 7.54. The third-order valence-electron chi connectivity index (χ3n) is 5.09. The second-order valence-corrected chi connectivity index (χ2v) is 9.89. The Labute approximate surface area is 186 Å². The third-order valence-corrected chi connectivity index (χ3v) is 7.26. The molecule has 4 rings (SSSR count). The number of aryl methyl sites for hydroxylation is 1. The molecule has 2 N–H and O–H groups in total. The topological polar surface area (TPSA) is 85.6 Å². The van der Waals surface area contributed by atoms with Crippen molar-refractivity contribution in [3.8, 4) is 11.3 Å². The first-order chi connectivity index (χ1) is 15.4. The first kappa shape index (κ1) is 22.3. The number of amides is 1. The summed E-state index contributed by atoms with van der Waals surface area (Å²) in [5.74, 6) is -0.604. The van der Waals surface area contributed by atoms with E-state index in [-0.39, 0.29) is 11.7 Å². The number of carbonyl (C=O) groups excluding carboxylic acids is 1. The molecule has 9 heteroatoms. The van der Waals surface area contributed by atoms with Crippen molar-refractivity contribution in [2.24, 2.45) is 7.05 Å². The van der Waals surface area contributed by atoms with Gasteiger partial charge in [-0.25, -0.2) is 4.39 Å². The fourth-order valence-electron chi connectivity index (χ4n) is 3.52. The zero-order valence-corrected chi connectivity index (χ0v) is 18.6. The minimum absolute atomic E-state index is 0.293. The Morgan fingerprint density at radius 3 is 2.56 bits per heavy atom. The Bertz CT molecular complexity index is 1110. The summed E-state index contributed by atoms with van der Waals surface area (Å²) in [5.41, 5.74) is 3.85. The average molecular weight is 457 g/mol. The molecule has 1 saturated heterocycles. The van der Waals surface area contributed by atoms with Crippen molar-refractivity contribution >= 4 is 25.6 Å². The Kier molecular flexibility index (Phi) is 6.77. The van der Waals surface area contributed by atoms with Crippen LogP contribution in [-0.2, 0) is 27.1 Å². The van der Waals surface area contributed by atoms with Crippen molar-refractivity contribution in [2.45, 2.75) is 12.6 Å². The van der Waals surface area contributed by atoms with Crippen molar-refractivity contribution in [1.29, 1.82) is 0 Å². The number of halogens is 1. The molecular formula is C23H25FN3O4P. The molecular weight excluding hydrogens is 432 g/mol. The van der Waals surface area contributed by atoms with Gasteiger partial charge in [-0.1, -0.05) is 0 Å². The van der Waals surface area contributed by atoms with Gasteiger partial charge in [-0.05, 0) is 24.3 Å². The number of nitrogens with zero attached hydrogens (tertiary/aromatic N) is 2. The van der Waals surface area contributed by atoms with Crippen LogP contribution in [0.5, 0.6) is 0 Å². The first-order valence-corrected chi connectivity index (χ1v) is 12.3. The van der Waals surface area contributed by atoms with Crippen LogP contribution >= 0.6 is 7.94 Å². The summed E-state index contributed by atoms with van der Waals surface area (Å²) in [5, 5.41) is 7.05. The predicted octanol–water partition coefficient (Wildman–Crippen LogP) is 4.30. The minimum atomic E-state index is -3.14. The van der Waals surface area contributed by atoms with E-state index in [0.29, 0.717) is 25.1 Å². The van der Waals surface area contributed by atoms with E-state index in [0.717, 1.165) is 28.8 Å². The fraction of sp³-hybridized carbons (Fsp3) is 0.217. The third kappa shape index (κ3) is 5.47. The van der Waals surface area contributed by atoms with Crippen LogP contribution in [0, 0.1) is 5.82 Å². The normalized spacial score (nSPS) is 16.7. The van der Waals surface area contributed by atoms with Gasteiger partial charge >= 0.3 is 144 Å². The zero-order chi connectivity index (χ0) is 22.6. The van der Waals surface area contributed by atoms with Crippen LogP contribution in [0.4, 0.5) is 10.1 Å². The molecule has 0 aliphatic carbocycles. The van der Waals surface area contributed by atoms with Gasteiger partial charge in [0, 0.05) is 7.05 Å². The van der Waals surface area contributed by atoms with E-state index in [9.17, 15) is 14.1 Å². The molecule has 168 valence electrons. The monoisotopic (exact) mass is 457 g/mol. The van der Waals surface area contributed by atoms with Gasteiger partial charge in [-0.15, -0.1) is 0 Å². The molecule has 1 aliphatic rings. The van der Waals surface area contributed by atoms with E-state index in [1.807, 2.05) is 12.1 Å². The molecule has 1 amide bonds. The molecule has 2 heterocycles. The van der Waals surface area contributed by atoms with E-state index in [4.69, 9.17) is 9.05 Å². The van der Waals surface area contributed by atoms with Gasteiger partial charge in [0.05, 0.1) is 0 Å². The van der Waals surface area contributed by atoms with Gasteiger partial charge in [0.1, 0.15) is 5.82 Å². The first-order valence-electron chi connectivity index (χ1n) is 10.3. The van der Waals surface area contributed by atoms with Crippen molar-refractivity contribution in [2.75, 3.05) is 18.5 Å². The number of benzene rings is 2. The molecule has 3 aromatic rings. The van der Waals surface area contributed by atoms with Crippen molar-refractivity contribution in [3.05, 3.63) is 77.7 Å². The number of aromatic nitrogens is 2. The maximum absolute atomic E-state index is 13.2. The maximum atomic E-state index is 13.2. The fourth-order valence-corrected chi connectivity index (χ4v) is 5.48. The number of anilines is 1. The summed E-state index contributed by atoms with van der Waals surface area (Å²) < 4.78 is 25.8. The van der Waals surface area contributed by atoms with Crippen LogP contribution in [0.3, 0.4) is 0 Å². The Morgan fingerprint density at radius 1 is 1.19 bits per heavy atom. The van der Waals surface area contributed by atoms with Crippen LogP contribution in [0.25, 0.3) is 17.3 Å². The molecule has 0 atom stereocenters. The quantitative estimate of drug-likeness (QED) is 0.426. The molecule has 0 unspecified atom stereocenters. The van der Waals surface area contributed by atoms with E-state index >= 15 is 0 Å². The Balaban J connectivity index is 1.39. The van der Waals surface area contributed by atoms with E-state index in [1.54, 1.807) is 48.3 Å². The summed E-state index contributed by atoms with van der Waals surface area (Å²) in [6, 6.07) is 13.3. The van der Waals surface area contributed by atoms with Crippen molar-refractivity contribution in [1.82, 2.24) is 9.78 Å². The Hall–Kier alpha value is -2.90. The summed E-state index contributed by atoms with van der Waals surface area (Å²) in [7, 11) is -1.35. The van der Waals surface area contributed by atoms with Crippen molar-refractivity contribution in [3.63, 3.8) is 0 Å². The number of hydrogen-bond acceptors (Lipinski definition) is 5. The zero-order valence-electron chi connectivity index (χ0n) is 17.6. The summed E-state index contributed by atoms with van der Waals surface area (Å²) >= 11 is 0. The number of carbonyl (C=O) groups is 1. The van der Waals surface area contributed by atoms with Gasteiger partial charge < -0.3 is 0 Å². The second kappa shape index (κ2) is 9.71. The Morgan fingerprint density at radius 2 is 1.88 bits per heavy atom. The average Bonchev–Trinajstić information content (AvgIpc) is 3.15. The van der Waals surface area contributed by atoms with E-state index in [2.05, 4.69) is 10.4 Å². The molecule has 0 saturated carbocycles.